The van der Waals surface area contributed by atoms with Crippen molar-refractivity contribution in [2.75, 3.05) is 6.54 Å². The van der Waals surface area contributed by atoms with Gasteiger partial charge in [0.2, 0.25) is 0 Å². The molecule has 0 aliphatic rings. The number of carbonyl (C=O) groups excluding carboxylic acids is 1. The van der Waals surface area contributed by atoms with Gasteiger partial charge in [-0.05, 0) is 24.3 Å². The average Bonchev–Trinajstić information content (AvgIpc) is 2.94. The van der Waals surface area contributed by atoms with Crippen molar-refractivity contribution >= 4 is 16.9 Å². The molecule has 1 aromatic carbocycles. The number of aromatic nitrogens is 3. The number of imidazole rings is 1. The molecule has 3 aromatic rings. The molecule has 23 heavy (non-hydrogen) atoms. The van der Waals surface area contributed by atoms with Gasteiger partial charge in [-0.3, -0.25) is 9.78 Å². The van der Waals surface area contributed by atoms with E-state index in [-0.39, 0.29) is 5.91 Å². The lowest BCUT2D eigenvalue weighted by molar-refractivity contribution is 0.0954. The van der Waals surface area contributed by atoms with Crippen molar-refractivity contribution in [3.05, 3.63) is 72.8 Å². The fourth-order valence-corrected chi connectivity index (χ4v) is 2.54. The molecule has 0 atom stereocenters. The number of hydrogen-bond donors (Lipinski definition) is 1. The third-order valence-electron chi connectivity index (χ3n) is 3.62. The lowest BCUT2D eigenvalue weighted by atomic mass is 10.2. The summed E-state index contributed by atoms with van der Waals surface area (Å²) in [6, 6.07) is 11.4. The molecule has 0 aliphatic carbocycles. The van der Waals surface area contributed by atoms with E-state index >= 15 is 0 Å². The number of rotatable bonds is 6. The summed E-state index contributed by atoms with van der Waals surface area (Å²) in [6.45, 7) is 5.04. The third kappa shape index (κ3) is 3.29. The Bertz CT molecular complexity index is 823. The molecule has 2 heterocycles. The lowest BCUT2D eigenvalue weighted by Gasteiger charge is -2.07. The highest BCUT2D eigenvalue weighted by Crippen LogP contribution is 2.16. The van der Waals surface area contributed by atoms with Crippen LogP contribution in [0.15, 0.2) is 61.4 Å². The van der Waals surface area contributed by atoms with Crippen LogP contribution in [0, 0.1) is 0 Å². The topological polar surface area (TPSA) is 59.8 Å². The van der Waals surface area contributed by atoms with Gasteiger partial charge in [-0.15, -0.1) is 6.58 Å². The normalized spacial score (nSPS) is 10.6. The molecular weight excluding hydrogens is 288 g/mol. The maximum absolute atomic E-state index is 12.0. The summed E-state index contributed by atoms with van der Waals surface area (Å²) in [4.78, 5) is 20.6. The minimum Gasteiger partial charge on any atom is -0.352 e. The minimum atomic E-state index is -0.0984. The average molecular weight is 306 g/mol. The number of nitrogens with one attached hydrogen (secondary N) is 1. The first-order chi connectivity index (χ1) is 11.3. The molecule has 0 bridgehead atoms. The molecule has 3 rings (SSSR count). The van der Waals surface area contributed by atoms with Crippen molar-refractivity contribution in [1.82, 2.24) is 19.9 Å². The molecule has 0 saturated carbocycles. The summed E-state index contributed by atoms with van der Waals surface area (Å²) in [7, 11) is 0. The van der Waals surface area contributed by atoms with E-state index in [1.54, 1.807) is 24.5 Å². The zero-order valence-corrected chi connectivity index (χ0v) is 12.8. The molecule has 5 heteroatoms. The highest BCUT2D eigenvalue weighted by molar-refractivity contribution is 5.93. The largest absolute Gasteiger partial charge is 0.352 e. The number of fused-ring (bicyclic) bond motifs is 1. The first kappa shape index (κ1) is 15.0. The smallest absolute Gasteiger partial charge is 0.251 e. The molecule has 116 valence electrons. The Morgan fingerprint density at radius 2 is 2.00 bits per heavy atom. The number of para-hydroxylation sites is 2. The molecule has 0 radical (unpaired) electrons. The first-order valence-electron chi connectivity index (χ1n) is 7.53. The van der Waals surface area contributed by atoms with Crippen LogP contribution < -0.4 is 5.32 Å². The summed E-state index contributed by atoms with van der Waals surface area (Å²) in [6.07, 6.45) is 5.74. The van der Waals surface area contributed by atoms with E-state index in [0.717, 1.165) is 16.9 Å². The summed E-state index contributed by atoms with van der Waals surface area (Å²) < 4.78 is 2.13. The van der Waals surface area contributed by atoms with E-state index in [0.29, 0.717) is 25.1 Å². The number of allylic oxidation sites excluding steroid dienone is 1. The van der Waals surface area contributed by atoms with Gasteiger partial charge in [-0.2, -0.15) is 0 Å². The van der Waals surface area contributed by atoms with Crippen LogP contribution in [-0.4, -0.2) is 27.0 Å². The number of carbonyl (C=O) groups is 1. The lowest BCUT2D eigenvalue weighted by Crippen LogP contribution is -2.26. The maximum Gasteiger partial charge on any atom is 0.251 e. The van der Waals surface area contributed by atoms with Crippen molar-refractivity contribution in [3.63, 3.8) is 0 Å². The molecule has 0 fully saturated rings. The summed E-state index contributed by atoms with van der Waals surface area (Å²) >= 11 is 0. The van der Waals surface area contributed by atoms with Crippen LogP contribution in [0.25, 0.3) is 11.0 Å². The van der Waals surface area contributed by atoms with Gasteiger partial charge >= 0.3 is 0 Å². The molecule has 5 nitrogen and oxygen atoms in total. The van der Waals surface area contributed by atoms with Crippen LogP contribution in [0.2, 0.25) is 0 Å². The van der Waals surface area contributed by atoms with Crippen LogP contribution in [0.5, 0.6) is 0 Å². The van der Waals surface area contributed by atoms with E-state index in [4.69, 9.17) is 0 Å². The van der Waals surface area contributed by atoms with Crippen molar-refractivity contribution in [1.29, 1.82) is 0 Å². The first-order valence-corrected chi connectivity index (χ1v) is 7.53. The van der Waals surface area contributed by atoms with E-state index in [1.165, 1.54) is 0 Å². The molecular formula is C18H18N4O. The van der Waals surface area contributed by atoms with Crippen molar-refractivity contribution < 1.29 is 4.79 Å². The van der Waals surface area contributed by atoms with Gasteiger partial charge in [0.1, 0.15) is 5.82 Å². The summed E-state index contributed by atoms with van der Waals surface area (Å²) in [5.41, 5.74) is 2.66. The second-order valence-corrected chi connectivity index (χ2v) is 5.16. The quantitative estimate of drug-likeness (QED) is 0.712. The number of benzene rings is 1. The molecule has 1 N–H and O–H groups in total. The maximum atomic E-state index is 12.0. The Labute approximate surface area is 134 Å². The number of hydrogen-bond acceptors (Lipinski definition) is 3. The van der Waals surface area contributed by atoms with E-state index in [9.17, 15) is 4.79 Å². The Morgan fingerprint density at radius 3 is 2.78 bits per heavy atom. The molecule has 2 aromatic heterocycles. The Kier molecular flexibility index (Phi) is 4.47. The second kappa shape index (κ2) is 6.87. The number of amides is 1. The summed E-state index contributed by atoms with van der Waals surface area (Å²) in [5, 5.41) is 2.92. The predicted octanol–water partition coefficient (Wildman–Crippen LogP) is 2.59. The van der Waals surface area contributed by atoms with Gasteiger partial charge < -0.3 is 9.88 Å². The molecule has 0 spiro atoms. The van der Waals surface area contributed by atoms with Crippen LogP contribution >= 0.6 is 0 Å². The zero-order chi connectivity index (χ0) is 16.1. The second-order valence-electron chi connectivity index (χ2n) is 5.16. The van der Waals surface area contributed by atoms with E-state index in [1.807, 2.05) is 30.3 Å². The van der Waals surface area contributed by atoms with Gasteiger partial charge in [-0.25, -0.2) is 4.98 Å². The molecule has 0 saturated heterocycles. The van der Waals surface area contributed by atoms with Crippen LogP contribution in [-0.2, 0) is 13.0 Å². The van der Waals surface area contributed by atoms with Gasteiger partial charge in [0.25, 0.3) is 5.91 Å². The SMILES string of the molecule is C=CCn1c(CCNC(=O)c2ccncc2)nc2ccccc21. The van der Waals surface area contributed by atoms with Crippen LogP contribution in [0.1, 0.15) is 16.2 Å². The number of pyridine rings is 1. The van der Waals surface area contributed by atoms with Gasteiger partial charge in [0.15, 0.2) is 0 Å². The molecule has 1 amide bonds. The van der Waals surface area contributed by atoms with Crippen LogP contribution in [0.3, 0.4) is 0 Å². The fourth-order valence-electron chi connectivity index (χ4n) is 2.54. The molecule has 0 unspecified atom stereocenters. The van der Waals surface area contributed by atoms with Crippen molar-refractivity contribution in [2.24, 2.45) is 0 Å². The van der Waals surface area contributed by atoms with Crippen molar-refractivity contribution in [3.8, 4) is 0 Å². The predicted molar refractivity (Wildman–Crippen MR) is 90.2 cm³/mol. The Balaban J connectivity index is 1.70. The minimum absolute atomic E-state index is 0.0984. The monoisotopic (exact) mass is 306 g/mol. The van der Waals surface area contributed by atoms with Gasteiger partial charge in [0.05, 0.1) is 11.0 Å². The van der Waals surface area contributed by atoms with Crippen LogP contribution in [0.4, 0.5) is 0 Å². The van der Waals surface area contributed by atoms with E-state index < -0.39 is 0 Å². The Morgan fingerprint density at radius 1 is 1.22 bits per heavy atom. The highest BCUT2D eigenvalue weighted by atomic mass is 16.1. The number of nitrogens with zero attached hydrogens (tertiary/aromatic N) is 3. The molecule has 0 aliphatic heterocycles. The van der Waals surface area contributed by atoms with Gasteiger partial charge in [0, 0.05) is 37.5 Å². The standard InChI is InChI=1S/C18H18N4O/c1-2-13-22-16-6-4-3-5-15(16)21-17(22)9-12-20-18(23)14-7-10-19-11-8-14/h2-8,10-11H,1,9,12-13H2,(H,20,23). The fraction of sp³-hybridized carbons (Fsp3) is 0.167. The summed E-state index contributed by atoms with van der Waals surface area (Å²) in [5.74, 6) is 0.847. The van der Waals surface area contributed by atoms with E-state index in [2.05, 4.69) is 26.4 Å². The van der Waals surface area contributed by atoms with Gasteiger partial charge in [-0.1, -0.05) is 18.2 Å². The third-order valence-corrected chi connectivity index (χ3v) is 3.62. The Hall–Kier alpha value is -2.95. The zero-order valence-electron chi connectivity index (χ0n) is 12.8. The van der Waals surface area contributed by atoms with Crippen molar-refractivity contribution in [2.45, 2.75) is 13.0 Å². The highest BCUT2D eigenvalue weighted by Gasteiger charge is 2.10.